The van der Waals surface area contributed by atoms with Crippen LogP contribution in [0.4, 0.5) is 10.1 Å². The van der Waals surface area contributed by atoms with Crippen LogP contribution in [-0.2, 0) is 4.79 Å². The quantitative estimate of drug-likeness (QED) is 0.830. The molecule has 0 unspecified atom stereocenters. The van der Waals surface area contributed by atoms with Crippen molar-refractivity contribution in [3.63, 3.8) is 0 Å². The van der Waals surface area contributed by atoms with Crippen LogP contribution in [0, 0.1) is 12.7 Å². The van der Waals surface area contributed by atoms with E-state index >= 15 is 0 Å². The van der Waals surface area contributed by atoms with Gasteiger partial charge in [-0.25, -0.2) is 4.39 Å². The summed E-state index contributed by atoms with van der Waals surface area (Å²) in [5, 5.41) is 4.71. The monoisotopic (exact) mass is 295 g/mol. The Labute approximate surface area is 119 Å². The molecule has 2 aromatic rings. The lowest BCUT2D eigenvalue weighted by atomic mass is 10.2. The van der Waals surface area contributed by atoms with Crippen LogP contribution >= 0.6 is 22.9 Å². The number of benzene rings is 1. The third-order valence-electron chi connectivity index (χ3n) is 2.48. The van der Waals surface area contributed by atoms with Gasteiger partial charge in [-0.15, -0.1) is 11.3 Å². The van der Waals surface area contributed by atoms with Gasteiger partial charge in [-0.3, -0.25) is 4.79 Å². The molecule has 1 aromatic heterocycles. The normalized spacial score (nSPS) is 10.9. The maximum absolute atomic E-state index is 13.5. The van der Waals surface area contributed by atoms with E-state index in [4.69, 9.17) is 11.6 Å². The summed E-state index contributed by atoms with van der Waals surface area (Å²) in [6.07, 6.45) is 3.09. The highest BCUT2D eigenvalue weighted by Crippen LogP contribution is 2.19. The van der Waals surface area contributed by atoms with Crippen LogP contribution in [-0.4, -0.2) is 5.91 Å². The zero-order chi connectivity index (χ0) is 13.8. The fraction of sp³-hybridized carbons (Fsp3) is 0.0714. The summed E-state index contributed by atoms with van der Waals surface area (Å²) in [5.41, 5.74) is 1.22. The summed E-state index contributed by atoms with van der Waals surface area (Å²) in [6, 6.07) is 6.08. The fourth-order valence-corrected chi connectivity index (χ4v) is 2.45. The molecule has 19 heavy (non-hydrogen) atoms. The topological polar surface area (TPSA) is 29.1 Å². The Balaban J connectivity index is 2.05. The number of thiophene rings is 1. The molecule has 0 aliphatic carbocycles. The third-order valence-corrected chi connectivity index (χ3v) is 3.70. The van der Waals surface area contributed by atoms with Crippen LogP contribution in [0.15, 0.2) is 35.7 Å². The van der Waals surface area contributed by atoms with Crippen molar-refractivity contribution >= 4 is 40.6 Å². The Morgan fingerprint density at radius 2 is 2.21 bits per heavy atom. The summed E-state index contributed by atoms with van der Waals surface area (Å²) in [5.74, 6) is -0.935. The van der Waals surface area contributed by atoms with Gasteiger partial charge in [-0.1, -0.05) is 11.6 Å². The van der Waals surface area contributed by atoms with Gasteiger partial charge >= 0.3 is 0 Å². The van der Waals surface area contributed by atoms with Gasteiger partial charge in [0, 0.05) is 16.0 Å². The number of nitrogens with one attached hydrogen (secondary N) is 1. The number of amides is 1. The van der Waals surface area contributed by atoms with E-state index in [0.717, 1.165) is 16.5 Å². The maximum Gasteiger partial charge on any atom is 0.248 e. The SMILES string of the molecule is Cc1ccsc1/C=C/C(=O)Nc1ccc(Cl)cc1F. The van der Waals surface area contributed by atoms with E-state index in [1.807, 2.05) is 18.4 Å². The van der Waals surface area contributed by atoms with Crippen molar-refractivity contribution in [2.45, 2.75) is 6.92 Å². The number of anilines is 1. The van der Waals surface area contributed by atoms with Crippen molar-refractivity contribution in [1.29, 1.82) is 0 Å². The van der Waals surface area contributed by atoms with Crippen molar-refractivity contribution in [3.05, 3.63) is 57.0 Å². The molecule has 2 nitrogen and oxygen atoms in total. The molecule has 0 fully saturated rings. The second-order valence-electron chi connectivity index (χ2n) is 3.91. The summed E-state index contributed by atoms with van der Waals surface area (Å²) in [7, 11) is 0. The molecule has 0 atom stereocenters. The van der Waals surface area contributed by atoms with Gasteiger partial charge in [-0.2, -0.15) is 0 Å². The number of carbonyl (C=O) groups excluding carboxylic acids is 1. The highest BCUT2D eigenvalue weighted by Gasteiger charge is 2.05. The van der Waals surface area contributed by atoms with E-state index in [1.165, 1.54) is 18.2 Å². The zero-order valence-electron chi connectivity index (χ0n) is 10.1. The molecule has 98 valence electrons. The van der Waals surface area contributed by atoms with Crippen LogP contribution in [0.25, 0.3) is 6.08 Å². The molecule has 0 saturated heterocycles. The van der Waals surface area contributed by atoms with Crippen LogP contribution in [0.5, 0.6) is 0 Å². The van der Waals surface area contributed by atoms with Crippen molar-refractivity contribution < 1.29 is 9.18 Å². The highest BCUT2D eigenvalue weighted by molar-refractivity contribution is 7.11. The summed E-state index contributed by atoms with van der Waals surface area (Å²) >= 11 is 7.18. The second kappa shape index (κ2) is 5.99. The molecule has 2 rings (SSSR count). The maximum atomic E-state index is 13.5. The van der Waals surface area contributed by atoms with Crippen LogP contribution in [0.3, 0.4) is 0 Å². The van der Waals surface area contributed by atoms with Crippen molar-refractivity contribution in [2.75, 3.05) is 5.32 Å². The van der Waals surface area contributed by atoms with E-state index in [1.54, 1.807) is 17.4 Å². The number of halogens is 2. The van der Waals surface area contributed by atoms with Crippen molar-refractivity contribution in [3.8, 4) is 0 Å². The first-order valence-electron chi connectivity index (χ1n) is 5.54. The Morgan fingerprint density at radius 3 is 2.84 bits per heavy atom. The number of rotatable bonds is 3. The summed E-state index contributed by atoms with van der Waals surface area (Å²) < 4.78 is 13.5. The molecular formula is C14H11ClFNOS. The summed E-state index contributed by atoms with van der Waals surface area (Å²) in [6.45, 7) is 1.97. The molecule has 1 N–H and O–H groups in total. The minimum Gasteiger partial charge on any atom is -0.320 e. The zero-order valence-corrected chi connectivity index (χ0v) is 11.7. The Morgan fingerprint density at radius 1 is 1.42 bits per heavy atom. The molecule has 0 aliphatic heterocycles. The average Bonchev–Trinajstić information content (AvgIpc) is 2.76. The van der Waals surface area contributed by atoms with E-state index < -0.39 is 5.82 Å². The van der Waals surface area contributed by atoms with Crippen LogP contribution < -0.4 is 5.32 Å². The molecule has 0 spiro atoms. The minimum absolute atomic E-state index is 0.113. The molecule has 1 amide bonds. The number of hydrogen-bond acceptors (Lipinski definition) is 2. The predicted octanol–water partition coefficient (Wildman–Crippen LogP) is 4.50. The number of carbonyl (C=O) groups is 1. The van der Waals surface area contributed by atoms with Crippen molar-refractivity contribution in [1.82, 2.24) is 0 Å². The van der Waals surface area contributed by atoms with Gasteiger partial charge in [0.2, 0.25) is 5.91 Å². The second-order valence-corrected chi connectivity index (χ2v) is 5.30. The van der Waals surface area contributed by atoms with Crippen molar-refractivity contribution in [2.24, 2.45) is 0 Å². The molecular weight excluding hydrogens is 285 g/mol. The van der Waals surface area contributed by atoms with Gasteiger partial charge < -0.3 is 5.32 Å². The lowest BCUT2D eigenvalue weighted by molar-refractivity contribution is -0.111. The smallest absolute Gasteiger partial charge is 0.248 e. The molecule has 0 bridgehead atoms. The number of aryl methyl sites for hydroxylation is 1. The molecule has 1 aromatic carbocycles. The van der Waals surface area contributed by atoms with Gasteiger partial charge in [0.05, 0.1) is 5.69 Å². The van der Waals surface area contributed by atoms with Gasteiger partial charge in [-0.05, 0) is 48.2 Å². The number of hydrogen-bond donors (Lipinski definition) is 1. The third kappa shape index (κ3) is 3.66. The summed E-state index contributed by atoms with van der Waals surface area (Å²) in [4.78, 5) is 12.7. The standard InChI is InChI=1S/C14H11ClFNOS/c1-9-6-7-19-13(9)4-5-14(18)17-12-3-2-10(15)8-11(12)16/h2-8H,1H3,(H,17,18)/b5-4+. The van der Waals surface area contributed by atoms with E-state index in [0.29, 0.717) is 5.02 Å². The molecule has 5 heteroatoms. The fourth-order valence-electron chi connectivity index (χ4n) is 1.47. The molecule has 0 aliphatic rings. The molecule has 1 heterocycles. The largest absolute Gasteiger partial charge is 0.320 e. The Kier molecular flexibility index (Phi) is 4.35. The average molecular weight is 296 g/mol. The van der Waals surface area contributed by atoms with Gasteiger partial charge in [0.1, 0.15) is 5.82 Å². The van der Waals surface area contributed by atoms with E-state index in [2.05, 4.69) is 5.32 Å². The predicted molar refractivity (Wildman–Crippen MR) is 78.1 cm³/mol. The highest BCUT2D eigenvalue weighted by atomic mass is 35.5. The Hall–Kier alpha value is -1.65. The molecule has 0 radical (unpaired) electrons. The van der Waals surface area contributed by atoms with Crippen LogP contribution in [0.2, 0.25) is 5.02 Å². The first-order valence-corrected chi connectivity index (χ1v) is 6.80. The lowest BCUT2D eigenvalue weighted by Gasteiger charge is -2.03. The van der Waals surface area contributed by atoms with Gasteiger partial charge in [0.15, 0.2) is 0 Å². The van der Waals surface area contributed by atoms with Crippen LogP contribution in [0.1, 0.15) is 10.4 Å². The first kappa shape index (κ1) is 13.8. The minimum atomic E-state index is -0.554. The lowest BCUT2D eigenvalue weighted by Crippen LogP contribution is -2.09. The van der Waals surface area contributed by atoms with Gasteiger partial charge in [0.25, 0.3) is 0 Å². The first-order chi connectivity index (χ1) is 9.06. The molecule has 0 saturated carbocycles. The van der Waals surface area contributed by atoms with E-state index in [9.17, 15) is 9.18 Å². The Bertz CT molecular complexity index is 636. The van der Waals surface area contributed by atoms with E-state index in [-0.39, 0.29) is 11.6 Å².